The van der Waals surface area contributed by atoms with E-state index in [1.807, 2.05) is 74.0 Å². The Kier molecular flexibility index (Phi) is 6.87. The van der Waals surface area contributed by atoms with E-state index in [2.05, 4.69) is 22.0 Å². The van der Waals surface area contributed by atoms with E-state index in [1.165, 1.54) is 5.56 Å². The van der Waals surface area contributed by atoms with Crippen molar-refractivity contribution in [3.05, 3.63) is 83.7 Å². The lowest BCUT2D eigenvalue weighted by molar-refractivity contribution is 0.309. The summed E-state index contributed by atoms with van der Waals surface area (Å²) in [7, 11) is -1.41. The lowest BCUT2D eigenvalue weighted by Crippen LogP contribution is -2.22. The summed E-state index contributed by atoms with van der Waals surface area (Å²) in [5.74, 6) is 0.143. The molecule has 3 rings (SSSR count). The van der Waals surface area contributed by atoms with Gasteiger partial charge in [0.15, 0.2) is 0 Å². The molecule has 0 saturated carbocycles. The number of rotatable bonds is 9. The fourth-order valence-corrected chi connectivity index (χ4v) is 5.20. The minimum Gasteiger partial charge on any atom is -0.313 e. The van der Waals surface area contributed by atoms with Crippen LogP contribution in [0.4, 0.5) is 0 Å². The van der Waals surface area contributed by atoms with Crippen LogP contribution in [-0.2, 0) is 29.5 Å². The van der Waals surface area contributed by atoms with Crippen molar-refractivity contribution in [1.82, 2.24) is 14.5 Å². The maximum atomic E-state index is 12.9. The highest BCUT2D eigenvalue weighted by Crippen LogP contribution is 2.19. The van der Waals surface area contributed by atoms with Crippen LogP contribution in [0.3, 0.4) is 0 Å². The summed E-state index contributed by atoms with van der Waals surface area (Å²) in [5.41, 5.74) is 3.17. The van der Waals surface area contributed by atoms with Crippen LogP contribution in [0.15, 0.2) is 72.0 Å². The number of nitrogens with zero attached hydrogens (tertiary/aromatic N) is 3. The highest BCUT2D eigenvalue weighted by Gasteiger charge is 2.25. The van der Waals surface area contributed by atoms with Gasteiger partial charge in [0.2, 0.25) is 15.0 Å². The van der Waals surface area contributed by atoms with Crippen molar-refractivity contribution < 1.29 is 8.42 Å². The average Bonchev–Trinajstić information content (AvgIpc) is 3.05. The molecule has 2 aromatic carbocycles. The minimum absolute atomic E-state index is 0.0473. The van der Waals surface area contributed by atoms with Crippen LogP contribution in [0.1, 0.15) is 30.7 Å². The summed E-state index contributed by atoms with van der Waals surface area (Å²) in [5, 5.41) is 0.165. The van der Waals surface area contributed by atoms with E-state index in [4.69, 9.17) is 0 Å². The Hall–Kier alpha value is -2.44. The van der Waals surface area contributed by atoms with Gasteiger partial charge in [0.1, 0.15) is 0 Å². The Labute approximate surface area is 173 Å². The molecule has 0 atom stereocenters. The summed E-state index contributed by atoms with van der Waals surface area (Å²) in [4.78, 5) is 6.52. The van der Waals surface area contributed by atoms with Crippen molar-refractivity contribution in [2.45, 2.75) is 38.6 Å². The molecule has 0 bridgehead atoms. The predicted octanol–water partition coefficient (Wildman–Crippen LogP) is 3.99. The highest BCUT2D eigenvalue weighted by atomic mass is 32.2. The zero-order valence-electron chi connectivity index (χ0n) is 17.3. The van der Waals surface area contributed by atoms with Gasteiger partial charge >= 0.3 is 0 Å². The maximum Gasteiger partial charge on any atom is 0.228 e. The van der Waals surface area contributed by atoms with Gasteiger partial charge in [-0.3, -0.25) is 4.90 Å². The first-order chi connectivity index (χ1) is 13.8. The Bertz CT molecular complexity index is 1010. The first-order valence-electron chi connectivity index (χ1n) is 9.88. The second-order valence-corrected chi connectivity index (χ2v) is 9.86. The molecule has 0 aliphatic carbocycles. The molecule has 0 fully saturated rings. The first-order valence-corrected chi connectivity index (χ1v) is 11.5. The van der Waals surface area contributed by atoms with E-state index >= 15 is 0 Å². The minimum atomic E-state index is -3.45. The fraction of sp³-hybridized carbons (Fsp3) is 0.348. The number of hydrogen-bond acceptors (Lipinski definition) is 4. The maximum absolute atomic E-state index is 12.9. The number of benzene rings is 2. The van der Waals surface area contributed by atoms with Gasteiger partial charge in [-0.1, -0.05) is 74.5 Å². The second kappa shape index (κ2) is 9.37. The lowest BCUT2D eigenvalue weighted by Gasteiger charge is -2.19. The molecule has 0 radical (unpaired) electrons. The van der Waals surface area contributed by atoms with Gasteiger partial charge < -0.3 is 4.57 Å². The van der Waals surface area contributed by atoms with Crippen molar-refractivity contribution in [2.75, 3.05) is 12.8 Å². The van der Waals surface area contributed by atoms with Gasteiger partial charge in [0.05, 0.1) is 24.2 Å². The standard InChI is InChI=1S/C23H29N3O2S/c1-19(2)18-29(27,28)23-24-14-22(26(23)16-21-12-8-5-9-13-21)17-25(3)15-20-10-6-4-7-11-20/h4-14,19H,15-18H2,1-3H3. The van der Waals surface area contributed by atoms with E-state index in [1.54, 1.807) is 6.20 Å². The van der Waals surface area contributed by atoms with Crippen LogP contribution in [0.25, 0.3) is 0 Å². The Morgan fingerprint density at radius 1 is 0.931 bits per heavy atom. The summed E-state index contributed by atoms with van der Waals surface area (Å²) >= 11 is 0. The third-order valence-electron chi connectivity index (χ3n) is 4.64. The molecule has 1 heterocycles. The van der Waals surface area contributed by atoms with Crippen molar-refractivity contribution in [1.29, 1.82) is 0 Å². The SMILES string of the molecule is CC(C)CS(=O)(=O)c1ncc(CN(C)Cc2ccccc2)n1Cc1ccccc1. The molecule has 1 aromatic heterocycles. The molecule has 0 aliphatic heterocycles. The molecule has 6 heteroatoms. The molecule has 0 amide bonds. The molecular weight excluding hydrogens is 382 g/mol. The van der Waals surface area contributed by atoms with Gasteiger partial charge in [-0.25, -0.2) is 13.4 Å². The normalized spacial score (nSPS) is 12.0. The molecular formula is C23H29N3O2S. The van der Waals surface area contributed by atoms with E-state index in [9.17, 15) is 8.42 Å². The van der Waals surface area contributed by atoms with E-state index < -0.39 is 9.84 Å². The fourth-order valence-electron chi connectivity index (χ4n) is 3.44. The van der Waals surface area contributed by atoms with Gasteiger partial charge in [-0.2, -0.15) is 0 Å². The molecule has 154 valence electrons. The molecule has 0 N–H and O–H groups in total. The molecule has 3 aromatic rings. The van der Waals surface area contributed by atoms with Crippen molar-refractivity contribution in [3.63, 3.8) is 0 Å². The Morgan fingerprint density at radius 2 is 1.52 bits per heavy atom. The lowest BCUT2D eigenvalue weighted by atomic mass is 10.2. The zero-order valence-corrected chi connectivity index (χ0v) is 18.1. The van der Waals surface area contributed by atoms with Crippen LogP contribution in [-0.4, -0.2) is 35.7 Å². The van der Waals surface area contributed by atoms with Crippen LogP contribution < -0.4 is 0 Å². The van der Waals surface area contributed by atoms with Crippen molar-refractivity contribution >= 4 is 9.84 Å². The predicted molar refractivity (Wildman–Crippen MR) is 116 cm³/mol. The molecule has 0 aliphatic rings. The summed E-state index contributed by atoms with van der Waals surface area (Å²) in [6, 6.07) is 20.2. The Balaban J connectivity index is 1.89. The molecule has 0 spiro atoms. The van der Waals surface area contributed by atoms with Gasteiger partial charge in [0.25, 0.3) is 0 Å². The van der Waals surface area contributed by atoms with E-state index in [-0.39, 0.29) is 16.8 Å². The van der Waals surface area contributed by atoms with E-state index in [0.29, 0.717) is 13.1 Å². The molecule has 0 saturated heterocycles. The van der Waals surface area contributed by atoms with Crippen LogP contribution >= 0.6 is 0 Å². The molecule has 29 heavy (non-hydrogen) atoms. The van der Waals surface area contributed by atoms with Gasteiger partial charge in [-0.15, -0.1) is 0 Å². The largest absolute Gasteiger partial charge is 0.313 e. The second-order valence-electron chi connectivity index (χ2n) is 7.94. The number of imidazole rings is 1. The Morgan fingerprint density at radius 3 is 2.10 bits per heavy atom. The molecule has 0 unspecified atom stereocenters. The van der Waals surface area contributed by atoms with Crippen LogP contribution in [0, 0.1) is 5.92 Å². The van der Waals surface area contributed by atoms with Gasteiger partial charge in [0, 0.05) is 13.1 Å². The number of hydrogen-bond donors (Lipinski definition) is 0. The summed E-state index contributed by atoms with van der Waals surface area (Å²) in [6.07, 6.45) is 1.71. The van der Waals surface area contributed by atoms with Crippen molar-refractivity contribution in [2.24, 2.45) is 5.92 Å². The smallest absolute Gasteiger partial charge is 0.228 e. The number of sulfone groups is 1. The van der Waals surface area contributed by atoms with Crippen LogP contribution in [0.2, 0.25) is 0 Å². The quantitative estimate of drug-likeness (QED) is 0.534. The van der Waals surface area contributed by atoms with Crippen molar-refractivity contribution in [3.8, 4) is 0 Å². The average molecular weight is 412 g/mol. The van der Waals surface area contributed by atoms with Gasteiger partial charge in [-0.05, 0) is 24.1 Å². The van der Waals surface area contributed by atoms with Crippen LogP contribution in [0.5, 0.6) is 0 Å². The summed E-state index contributed by atoms with van der Waals surface area (Å²) in [6.45, 7) is 5.71. The summed E-state index contributed by atoms with van der Waals surface area (Å²) < 4.78 is 27.7. The first kappa shape index (κ1) is 21.3. The highest BCUT2D eigenvalue weighted by molar-refractivity contribution is 7.91. The monoisotopic (exact) mass is 411 g/mol. The zero-order chi connectivity index (χ0) is 20.9. The number of aromatic nitrogens is 2. The third-order valence-corrected chi connectivity index (χ3v) is 6.63. The topological polar surface area (TPSA) is 55.2 Å². The third kappa shape index (κ3) is 5.78. The molecule has 5 nitrogen and oxygen atoms in total. The van der Waals surface area contributed by atoms with E-state index in [0.717, 1.165) is 17.8 Å².